The largest absolute Gasteiger partial charge is 0.508 e. The first-order valence-electron chi connectivity index (χ1n) is 5.11. The van der Waals surface area contributed by atoms with Crippen molar-refractivity contribution in [3.05, 3.63) is 29.3 Å². The van der Waals surface area contributed by atoms with Crippen LogP contribution in [0.25, 0.3) is 0 Å². The smallest absolute Gasteiger partial charge is 0.120 e. The monoisotopic (exact) mass is 203 g/mol. The fraction of sp³-hybridized carbons (Fsp3) is 0.385. The van der Waals surface area contributed by atoms with Crippen molar-refractivity contribution in [1.82, 2.24) is 5.32 Å². The lowest BCUT2D eigenvalue weighted by molar-refractivity contribution is 0.453. The van der Waals surface area contributed by atoms with Crippen molar-refractivity contribution in [3.8, 4) is 18.1 Å². The number of nitrogens with one attached hydrogen (secondary N) is 1. The first kappa shape index (κ1) is 11.6. The van der Waals surface area contributed by atoms with Crippen molar-refractivity contribution in [2.45, 2.75) is 26.3 Å². The fourth-order valence-electron chi connectivity index (χ4n) is 1.49. The lowest BCUT2D eigenvalue weighted by atomic mass is 10.1. The Bertz CT molecular complexity index is 365. The van der Waals surface area contributed by atoms with Crippen molar-refractivity contribution in [1.29, 1.82) is 0 Å². The highest BCUT2D eigenvalue weighted by atomic mass is 16.3. The summed E-state index contributed by atoms with van der Waals surface area (Å²) in [4.78, 5) is 0. The summed E-state index contributed by atoms with van der Waals surface area (Å²) in [6.45, 7) is 4.74. The van der Waals surface area contributed by atoms with Crippen LogP contribution in [0.3, 0.4) is 0 Å². The Morgan fingerprint density at radius 3 is 2.87 bits per heavy atom. The van der Waals surface area contributed by atoms with Crippen molar-refractivity contribution in [2.24, 2.45) is 0 Å². The minimum absolute atomic E-state index is 0.124. The maximum atomic E-state index is 9.74. The molecular weight excluding hydrogens is 186 g/mol. The average molecular weight is 203 g/mol. The van der Waals surface area contributed by atoms with E-state index in [9.17, 15) is 5.11 Å². The van der Waals surface area contributed by atoms with Gasteiger partial charge in [0.2, 0.25) is 0 Å². The lowest BCUT2D eigenvalue weighted by Gasteiger charge is -2.15. The number of benzene rings is 1. The van der Waals surface area contributed by atoms with Crippen molar-refractivity contribution < 1.29 is 5.11 Å². The zero-order valence-corrected chi connectivity index (χ0v) is 9.25. The Labute approximate surface area is 91.3 Å². The number of phenolic OH excluding ortho intramolecular Hbond substituents is 1. The van der Waals surface area contributed by atoms with Crippen LogP contribution in [-0.4, -0.2) is 11.7 Å². The highest BCUT2D eigenvalue weighted by Crippen LogP contribution is 2.24. The first-order chi connectivity index (χ1) is 7.15. The maximum Gasteiger partial charge on any atom is 0.120 e. The molecule has 0 aliphatic heterocycles. The van der Waals surface area contributed by atoms with Crippen LogP contribution in [0, 0.1) is 19.3 Å². The zero-order valence-electron chi connectivity index (χ0n) is 9.25. The predicted molar refractivity (Wildman–Crippen MR) is 62.7 cm³/mol. The molecule has 2 nitrogen and oxygen atoms in total. The van der Waals surface area contributed by atoms with Gasteiger partial charge < -0.3 is 10.4 Å². The Morgan fingerprint density at radius 2 is 2.27 bits per heavy atom. The van der Waals surface area contributed by atoms with Gasteiger partial charge in [-0.25, -0.2) is 0 Å². The second-order valence-corrected chi connectivity index (χ2v) is 3.69. The molecular formula is C13H17NO. The molecule has 0 aliphatic rings. The Balaban J connectivity index is 2.66. The summed E-state index contributed by atoms with van der Waals surface area (Å²) in [7, 11) is 0. The third kappa shape index (κ3) is 3.30. The van der Waals surface area contributed by atoms with E-state index in [1.54, 1.807) is 6.07 Å². The summed E-state index contributed by atoms with van der Waals surface area (Å²) in [5, 5.41) is 13.0. The molecule has 0 saturated carbocycles. The van der Waals surface area contributed by atoms with E-state index >= 15 is 0 Å². The van der Waals surface area contributed by atoms with E-state index in [2.05, 4.69) is 11.2 Å². The van der Waals surface area contributed by atoms with E-state index in [-0.39, 0.29) is 6.04 Å². The molecule has 80 valence electrons. The van der Waals surface area contributed by atoms with Crippen molar-refractivity contribution in [2.75, 3.05) is 6.54 Å². The molecule has 0 amide bonds. The van der Waals surface area contributed by atoms with Gasteiger partial charge in [0.05, 0.1) is 0 Å². The summed E-state index contributed by atoms with van der Waals surface area (Å²) in [5.41, 5.74) is 1.98. The lowest BCUT2D eigenvalue weighted by Crippen LogP contribution is -2.19. The molecule has 0 heterocycles. The molecule has 0 spiro atoms. The van der Waals surface area contributed by atoms with Crippen LogP contribution < -0.4 is 5.32 Å². The minimum atomic E-state index is 0.124. The molecule has 0 aromatic heterocycles. The second-order valence-electron chi connectivity index (χ2n) is 3.69. The van der Waals surface area contributed by atoms with E-state index in [4.69, 9.17) is 6.42 Å². The summed E-state index contributed by atoms with van der Waals surface area (Å²) in [6.07, 6.45) is 5.87. The Kier molecular flexibility index (Phi) is 4.20. The number of aromatic hydroxyl groups is 1. The van der Waals surface area contributed by atoms with Gasteiger partial charge in [-0.1, -0.05) is 12.1 Å². The van der Waals surface area contributed by atoms with E-state index < -0.39 is 0 Å². The van der Waals surface area contributed by atoms with E-state index in [1.807, 2.05) is 26.0 Å². The van der Waals surface area contributed by atoms with Gasteiger partial charge in [-0.05, 0) is 25.5 Å². The minimum Gasteiger partial charge on any atom is -0.508 e. The van der Waals surface area contributed by atoms with E-state index in [1.165, 1.54) is 0 Å². The number of rotatable bonds is 4. The van der Waals surface area contributed by atoms with E-state index in [0.717, 1.165) is 17.7 Å². The highest BCUT2D eigenvalue weighted by molar-refractivity contribution is 5.37. The normalized spacial score (nSPS) is 12.1. The SMILES string of the molecule is C#CCCNC(C)c1ccc(C)cc1O. The van der Waals surface area contributed by atoms with Crippen LogP contribution in [0.4, 0.5) is 0 Å². The van der Waals surface area contributed by atoms with Gasteiger partial charge in [0.25, 0.3) is 0 Å². The van der Waals surface area contributed by atoms with Crippen LogP contribution >= 0.6 is 0 Å². The van der Waals surface area contributed by atoms with Crippen LogP contribution in [0.2, 0.25) is 0 Å². The van der Waals surface area contributed by atoms with Crippen LogP contribution in [0.1, 0.15) is 30.5 Å². The Hall–Kier alpha value is -1.46. The quantitative estimate of drug-likeness (QED) is 0.581. The molecule has 15 heavy (non-hydrogen) atoms. The third-order valence-electron chi connectivity index (χ3n) is 2.37. The summed E-state index contributed by atoms with van der Waals surface area (Å²) in [5.74, 6) is 2.92. The number of terminal acetylenes is 1. The van der Waals surface area contributed by atoms with Gasteiger partial charge in [-0.15, -0.1) is 12.3 Å². The van der Waals surface area contributed by atoms with Gasteiger partial charge in [0.15, 0.2) is 0 Å². The number of hydrogen-bond donors (Lipinski definition) is 2. The number of hydrogen-bond acceptors (Lipinski definition) is 2. The molecule has 0 aliphatic carbocycles. The van der Waals surface area contributed by atoms with Crippen LogP contribution in [0.15, 0.2) is 18.2 Å². The van der Waals surface area contributed by atoms with E-state index in [0.29, 0.717) is 12.2 Å². The second kappa shape index (κ2) is 5.43. The third-order valence-corrected chi connectivity index (χ3v) is 2.37. The molecule has 0 radical (unpaired) electrons. The van der Waals surface area contributed by atoms with Gasteiger partial charge in [-0.3, -0.25) is 0 Å². The molecule has 0 bridgehead atoms. The summed E-state index contributed by atoms with van der Waals surface area (Å²) < 4.78 is 0. The van der Waals surface area contributed by atoms with Gasteiger partial charge in [0, 0.05) is 24.6 Å². The van der Waals surface area contributed by atoms with Gasteiger partial charge >= 0.3 is 0 Å². The molecule has 0 saturated heterocycles. The standard InChI is InChI=1S/C13H17NO/c1-4-5-8-14-11(3)12-7-6-10(2)9-13(12)15/h1,6-7,9,11,14-15H,5,8H2,2-3H3. The van der Waals surface area contributed by atoms with Crippen molar-refractivity contribution >= 4 is 0 Å². The Morgan fingerprint density at radius 1 is 1.53 bits per heavy atom. The molecule has 0 fully saturated rings. The summed E-state index contributed by atoms with van der Waals surface area (Å²) >= 11 is 0. The topological polar surface area (TPSA) is 32.3 Å². The number of aryl methyl sites for hydroxylation is 1. The molecule has 1 unspecified atom stereocenters. The number of phenols is 1. The molecule has 1 aromatic carbocycles. The summed E-state index contributed by atoms with van der Waals surface area (Å²) in [6, 6.07) is 5.83. The van der Waals surface area contributed by atoms with Crippen LogP contribution in [0.5, 0.6) is 5.75 Å². The zero-order chi connectivity index (χ0) is 11.3. The molecule has 1 rings (SSSR count). The maximum absolute atomic E-state index is 9.74. The molecule has 2 heteroatoms. The predicted octanol–water partition coefficient (Wildman–Crippen LogP) is 2.37. The van der Waals surface area contributed by atoms with Gasteiger partial charge in [-0.2, -0.15) is 0 Å². The fourth-order valence-corrected chi connectivity index (χ4v) is 1.49. The average Bonchev–Trinajstić information content (AvgIpc) is 2.17. The van der Waals surface area contributed by atoms with Crippen LogP contribution in [-0.2, 0) is 0 Å². The van der Waals surface area contributed by atoms with Gasteiger partial charge in [0.1, 0.15) is 5.75 Å². The molecule has 1 atom stereocenters. The highest BCUT2D eigenvalue weighted by Gasteiger charge is 2.08. The van der Waals surface area contributed by atoms with Crippen molar-refractivity contribution in [3.63, 3.8) is 0 Å². The first-order valence-corrected chi connectivity index (χ1v) is 5.11. The molecule has 1 aromatic rings. The molecule has 2 N–H and O–H groups in total.